The maximum atomic E-state index is 11.4. The van der Waals surface area contributed by atoms with Gasteiger partial charge in [-0.05, 0) is 36.8 Å². The Morgan fingerprint density at radius 1 is 1.27 bits per heavy atom. The summed E-state index contributed by atoms with van der Waals surface area (Å²) < 4.78 is 5.67. The van der Waals surface area contributed by atoms with E-state index in [-0.39, 0.29) is 11.7 Å². The van der Waals surface area contributed by atoms with Crippen molar-refractivity contribution in [2.75, 3.05) is 5.32 Å². The second kappa shape index (κ2) is 5.52. The molecule has 0 fully saturated rings. The highest BCUT2D eigenvalue weighted by Crippen LogP contribution is 2.33. The molecule has 0 unspecified atom stereocenters. The Hall–Kier alpha value is -2.82. The lowest BCUT2D eigenvalue weighted by Crippen LogP contribution is -2.09. The summed E-state index contributed by atoms with van der Waals surface area (Å²) in [6.45, 7) is 3.75. The van der Waals surface area contributed by atoms with Crippen molar-refractivity contribution in [2.45, 2.75) is 20.3 Å². The first-order chi connectivity index (χ1) is 10.6. The predicted octanol–water partition coefficient (Wildman–Crippen LogP) is 3.86. The highest BCUT2D eigenvalue weighted by atomic mass is 16.3. The number of carbonyl (C=O) groups excluding carboxylic acids is 1. The van der Waals surface area contributed by atoms with Crippen molar-refractivity contribution in [3.8, 4) is 17.2 Å². The molecular formula is C17H16N2O3. The normalized spacial score (nSPS) is 10.8. The molecule has 3 aromatic rings. The fourth-order valence-electron chi connectivity index (χ4n) is 2.19. The summed E-state index contributed by atoms with van der Waals surface area (Å²) in [7, 11) is 0. The number of phenols is 1. The number of hydrogen-bond acceptors (Lipinski definition) is 4. The molecule has 5 nitrogen and oxygen atoms in total. The fourth-order valence-corrected chi connectivity index (χ4v) is 2.19. The van der Waals surface area contributed by atoms with Crippen LogP contribution in [-0.2, 0) is 4.79 Å². The van der Waals surface area contributed by atoms with Gasteiger partial charge in [-0.2, -0.15) is 0 Å². The molecule has 0 saturated carbocycles. The summed E-state index contributed by atoms with van der Waals surface area (Å²) in [6.07, 6.45) is 0.382. The van der Waals surface area contributed by atoms with Crippen molar-refractivity contribution < 1.29 is 14.3 Å². The Kier molecular flexibility index (Phi) is 3.55. The van der Waals surface area contributed by atoms with Crippen molar-refractivity contribution in [3.63, 3.8) is 0 Å². The zero-order chi connectivity index (χ0) is 15.7. The smallest absolute Gasteiger partial charge is 0.231 e. The van der Waals surface area contributed by atoms with Gasteiger partial charge in [0.05, 0.1) is 5.56 Å². The van der Waals surface area contributed by atoms with Gasteiger partial charge in [0.1, 0.15) is 11.3 Å². The molecule has 0 aliphatic carbocycles. The first kappa shape index (κ1) is 14.1. The van der Waals surface area contributed by atoms with E-state index in [0.29, 0.717) is 29.1 Å². The number of oxazole rings is 1. The Bertz CT molecular complexity index is 852. The number of aromatic nitrogens is 1. The number of nitrogens with one attached hydrogen (secondary N) is 1. The number of carbonyl (C=O) groups is 1. The number of fused-ring (bicyclic) bond motifs is 1. The van der Waals surface area contributed by atoms with Crippen molar-refractivity contribution in [1.82, 2.24) is 4.98 Å². The average Bonchev–Trinajstić information content (AvgIpc) is 2.89. The molecule has 0 saturated heterocycles. The SMILES string of the molecule is CCC(=O)Nc1ccc(-c2nc3cc(C)ccc3o2)c(O)c1. The van der Waals surface area contributed by atoms with Crippen LogP contribution >= 0.6 is 0 Å². The van der Waals surface area contributed by atoms with Gasteiger partial charge in [0.2, 0.25) is 11.8 Å². The van der Waals surface area contributed by atoms with E-state index in [9.17, 15) is 9.90 Å². The van der Waals surface area contributed by atoms with Crippen LogP contribution in [0.1, 0.15) is 18.9 Å². The monoisotopic (exact) mass is 296 g/mol. The van der Waals surface area contributed by atoms with Crippen molar-refractivity contribution in [3.05, 3.63) is 42.0 Å². The third-order valence-corrected chi connectivity index (χ3v) is 3.38. The van der Waals surface area contributed by atoms with Gasteiger partial charge in [0.15, 0.2) is 5.58 Å². The first-order valence-corrected chi connectivity index (χ1v) is 7.07. The Balaban J connectivity index is 1.97. The molecule has 0 aliphatic rings. The van der Waals surface area contributed by atoms with E-state index in [1.54, 1.807) is 19.1 Å². The van der Waals surface area contributed by atoms with Gasteiger partial charge < -0.3 is 14.8 Å². The van der Waals surface area contributed by atoms with Crippen LogP contribution in [0.3, 0.4) is 0 Å². The van der Waals surface area contributed by atoms with Crippen LogP contribution in [0.4, 0.5) is 5.69 Å². The van der Waals surface area contributed by atoms with E-state index in [0.717, 1.165) is 11.1 Å². The molecule has 0 spiro atoms. The lowest BCUT2D eigenvalue weighted by molar-refractivity contribution is -0.115. The quantitative estimate of drug-likeness (QED) is 0.769. The highest BCUT2D eigenvalue weighted by Gasteiger charge is 2.13. The highest BCUT2D eigenvalue weighted by molar-refractivity contribution is 5.91. The minimum Gasteiger partial charge on any atom is -0.507 e. The largest absolute Gasteiger partial charge is 0.507 e. The predicted molar refractivity (Wildman–Crippen MR) is 84.8 cm³/mol. The minimum atomic E-state index is -0.107. The molecular weight excluding hydrogens is 280 g/mol. The third kappa shape index (κ3) is 2.65. The maximum absolute atomic E-state index is 11.4. The second-order valence-electron chi connectivity index (χ2n) is 5.12. The molecule has 0 radical (unpaired) electrons. The molecule has 1 amide bonds. The summed E-state index contributed by atoms with van der Waals surface area (Å²) in [5.74, 6) is 0.258. The number of aryl methyl sites for hydroxylation is 1. The van der Waals surface area contributed by atoms with E-state index >= 15 is 0 Å². The van der Waals surface area contributed by atoms with E-state index in [4.69, 9.17) is 4.42 Å². The molecule has 2 N–H and O–H groups in total. The number of anilines is 1. The average molecular weight is 296 g/mol. The number of aromatic hydroxyl groups is 1. The number of nitrogens with zero attached hydrogens (tertiary/aromatic N) is 1. The molecule has 0 bridgehead atoms. The Morgan fingerprint density at radius 3 is 2.82 bits per heavy atom. The topological polar surface area (TPSA) is 75.4 Å². The maximum Gasteiger partial charge on any atom is 0.231 e. The van der Waals surface area contributed by atoms with Crippen molar-refractivity contribution >= 4 is 22.7 Å². The van der Waals surface area contributed by atoms with E-state index in [1.165, 1.54) is 6.07 Å². The lowest BCUT2D eigenvalue weighted by atomic mass is 10.1. The zero-order valence-electron chi connectivity index (χ0n) is 12.4. The summed E-state index contributed by atoms with van der Waals surface area (Å²) in [5, 5.41) is 12.9. The van der Waals surface area contributed by atoms with E-state index in [1.807, 2.05) is 25.1 Å². The van der Waals surface area contributed by atoms with Crippen molar-refractivity contribution in [2.24, 2.45) is 0 Å². The molecule has 0 atom stereocenters. The van der Waals surface area contributed by atoms with Gasteiger partial charge >= 0.3 is 0 Å². The Labute approximate surface area is 127 Å². The molecule has 112 valence electrons. The van der Waals surface area contributed by atoms with Gasteiger partial charge in [0, 0.05) is 18.2 Å². The minimum absolute atomic E-state index is 0.0113. The van der Waals surface area contributed by atoms with E-state index < -0.39 is 0 Å². The van der Waals surface area contributed by atoms with Crippen LogP contribution in [0.15, 0.2) is 40.8 Å². The number of rotatable bonds is 3. The molecule has 3 rings (SSSR count). The second-order valence-corrected chi connectivity index (χ2v) is 5.12. The van der Waals surface area contributed by atoms with Gasteiger partial charge in [-0.15, -0.1) is 0 Å². The summed E-state index contributed by atoms with van der Waals surface area (Å²) in [6, 6.07) is 10.6. The third-order valence-electron chi connectivity index (χ3n) is 3.38. The molecule has 5 heteroatoms. The van der Waals surface area contributed by atoms with Gasteiger partial charge in [-0.1, -0.05) is 13.0 Å². The van der Waals surface area contributed by atoms with Crippen LogP contribution in [0.2, 0.25) is 0 Å². The molecule has 1 aromatic heterocycles. The number of benzene rings is 2. The van der Waals surface area contributed by atoms with Crippen LogP contribution in [0, 0.1) is 6.92 Å². The standard InChI is InChI=1S/C17H16N2O3/c1-3-16(21)18-11-5-6-12(14(20)9-11)17-19-13-8-10(2)4-7-15(13)22-17/h4-9,20H,3H2,1-2H3,(H,18,21). The van der Waals surface area contributed by atoms with Crippen LogP contribution in [0.5, 0.6) is 5.75 Å². The molecule has 2 aromatic carbocycles. The summed E-state index contributed by atoms with van der Waals surface area (Å²) >= 11 is 0. The lowest BCUT2D eigenvalue weighted by Gasteiger charge is -2.06. The van der Waals surface area contributed by atoms with Gasteiger partial charge in [-0.25, -0.2) is 4.98 Å². The van der Waals surface area contributed by atoms with Gasteiger partial charge in [0.25, 0.3) is 0 Å². The fraction of sp³-hybridized carbons (Fsp3) is 0.176. The number of phenolic OH excluding ortho intramolecular Hbond substituents is 1. The number of hydrogen-bond donors (Lipinski definition) is 2. The first-order valence-electron chi connectivity index (χ1n) is 7.07. The summed E-state index contributed by atoms with van der Waals surface area (Å²) in [4.78, 5) is 15.8. The Morgan fingerprint density at radius 2 is 2.09 bits per heavy atom. The van der Waals surface area contributed by atoms with E-state index in [2.05, 4.69) is 10.3 Å². The molecule has 22 heavy (non-hydrogen) atoms. The van der Waals surface area contributed by atoms with Crippen LogP contribution < -0.4 is 5.32 Å². The molecule has 1 heterocycles. The summed E-state index contributed by atoms with van der Waals surface area (Å²) in [5.41, 5.74) is 3.54. The van der Waals surface area contributed by atoms with Crippen LogP contribution in [0.25, 0.3) is 22.6 Å². The van der Waals surface area contributed by atoms with Crippen LogP contribution in [-0.4, -0.2) is 16.0 Å². The van der Waals surface area contributed by atoms with Crippen molar-refractivity contribution in [1.29, 1.82) is 0 Å². The number of amides is 1. The van der Waals surface area contributed by atoms with Gasteiger partial charge in [-0.3, -0.25) is 4.79 Å². The molecule has 0 aliphatic heterocycles. The zero-order valence-corrected chi connectivity index (χ0v) is 12.4.